The van der Waals surface area contributed by atoms with Gasteiger partial charge < -0.3 is 39.7 Å². The van der Waals surface area contributed by atoms with Crippen LogP contribution in [0.25, 0.3) is 0 Å². The number of rotatable bonds is 11. The lowest BCUT2D eigenvalue weighted by molar-refractivity contribution is -0.225. The van der Waals surface area contributed by atoms with Crippen molar-refractivity contribution < 1.29 is 44.0 Å². The van der Waals surface area contributed by atoms with Gasteiger partial charge in [0.05, 0.1) is 51.8 Å². The summed E-state index contributed by atoms with van der Waals surface area (Å²) in [6.07, 6.45) is 3.09. The van der Waals surface area contributed by atoms with E-state index in [9.17, 15) is 24.9 Å². The summed E-state index contributed by atoms with van der Waals surface area (Å²) in [5.74, 6) is -1.81. The maximum absolute atomic E-state index is 12.7. The van der Waals surface area contributed by atoms with E-state index in [4.69, 9.17) is 19.0 Å². The van der Waals surface area contributed by atoms with Crippen LogP contribution in [0.3, 0.4) is 0 Å². The Balaban J connectivity index is 1.24. The average Bonchev–Trinajstić information content (AvgIpc) is 3.41. The number of ketones is 1. The highest BCUT2D eigenvalue weighted by Crippen LogP contribution is 2.41. The summed E-state index contributed by atoms with van der Waals surface area (Å²) in [5.41, 5.74) is 0.392. The molecule has 0 bridgehead atoms. The van der Waals surface area contributed by atoms with Gasteiger partial charge in [-0.05, 0) is 84.1 Å². The second kappa shape index (κ2) is 14.5. The molecular formula is C27H25Br4N3O9. The Bertz CT molecular complexity index is 1460. The Labute approximate surface area is 279 Å². The summed E-state index contributed by atoms with van der Waals surface area (Å²) in [6.45, 7) is 0.423. The number of ether oxygens (including phenoxy) is 3. The van der Waals surface area contributed by atoms with Crippen LogP contribution in [0.2, 0.25) is 0 Å². The number of benzene rings is 1. The van der Waals surface area contributed by atoms with Gasteiger partial charge in [-0.2, -0.15) is 0 Å². The largest absolute Gasteiger partial charge is 0.507 e. The van der Waals surface area contributed by atoms with E-state index in [2.05, 4.69) is 79.2 Å². The van der Waals surface area contributed by atoms with Gasteiger partial charge in [0, 0.05) is 17.2 Å². The van der Waals surface area contributed by atoms with Crippen LogP contribution in [0.15, 0.2) is 75.7 Å². The summed E-state index contributed by atoms with van der Waals surface area (Å²) in [4.78, 5) is 33.8. The first-order valence-electron chi connectivity index (χ1n) is 12.6. The molecule has 2 aliphatic heterocycles. The van der Waals surface area contributed by atoms with E-state index in [1.807, 2.05) is 0 Å². The van der Waals surface area contributed by atoms with Gasteiger partial charge in [-0.15, -0.1) is 0 Å². The SMILES string of the molecule is COC1=C(Br)C[C@@]2(OC=C1Br)ON=C(C(=O)NCCCOc1c(Br)cc(C(O)CN=CC3=C(O)C=CC3=O)cc1Br)[C@H]2O. The predicted octanol–water partition coefficient (Wildman–Crippen LogP) is 4.50. The fourth-order valence-corrected chi connectivity index (χ4v) is 7.06. The minimum Gasteiger partial charge on any atom is -0.507 e. The molecule has 3 aliphatic rings. The minimum atomic E-state index is -1.63. The number of carbonyl (C=O) groups is 2. The minimum absolute atomic E-state index is 0.0302. The Kier molecular flexibility index (Phi) is 11.3. The lowest BCUT2D eigenvalue weighted by Gasteiger charge is -2.27. The molecule has 1 aromatic rings. The number of nitrogens with one attached hydrogen (secondary N) is 1. The quantitative estimate of drug-likeness (QED) is 0.185. The van der Waals surface area contributed by atoms with Crippen LogP contribution in [0.4, 0.5) is 0 Å². The molecule has 43 heavy (non-hydrogen) atoms. The van der Waals surface area contributed by atoms with Crippen LogP contribution in [0.1, 0.15) is 24.5 Å². The van der Waals surface area contributed by atoms with Crippen LogP contribution in [0, 0.1) is 0 Å². The molecule has 1 unspecified atom stereocenters. The number of oxime groups is 1. The number of carbonyl (C=O) groups excluding carboxylic acids is 2. The third-order valence-corrected chi connectivity index (χ3v) is 8.69. The Morgan fingerprint density at radius 3 is 2.65 bits per heavy atom. The number of hydrogen-bond acceptors (Lipinski definition) is 11. The standard InChI is InChI=1S/C27H25Br4N3O9/c1-40-23-17(30)9-27(42-12-18(23)31)25(38)22(34-43-27)26(39)33-5-2-6-41-24-15(28)7-13(8-16(24)29)21(37)11-32-10-14-19(35)3-4-20(14)36/h3-4,7-8,10,12,21,25,35,37-38H,2,5-6,9,11H2,1H3,(H,33,39)/t21?,25-,27-/m1/s1. The second-order valence-corrected chi connectivity index (χ2v) is 12.8. The number of aliphatic hydroxyl groups is 3. The second-order valence-electron chi connectivity index (χ2n) is 9.26. The normalized spacial score (nSPS) is 22.4. The first-order valence-corrected chi connectivity index (χ1v) is 15.8. The van der Waals surface area contributed by atoms with Gasteiger partial charge in [-0.3, -0.25) is 14.6 Å². The number of hydrogen-bond donors (Lipinski definition) is 4. The van der Waals surface area contributed by atoms with Crippen molar-refractivity contribution >= 4 is 87.3 Å². The molecule has 0 saturated carbocycles. The lowest BCUT2D eigenvalue weighted by atomic mass is 10.0. The van der Waals surface area contributed by atoms with Crippen molar-refractivity contribution in [2.45, 2.75) is 30.8 Å². The van der Waals surface area contributed by atoms with Gasteiger partial charge >= 0.3 is 5.79 Å². The van der Waals surface area contributed by atoms with E-state index in [-0.39, 0.29) is 48.9 Å². The van der Waals surface area contributed by atoms with Crippen molar-refractivity contribution in [1.82, 2.24) is 5.32 Å². The van der Waals surface area contributed by atoms with Crippen LogP contribution < -0.4 is 10.1 Å². The van der Waals surface area contributed by atoms with Gasteiger partial charge in [-0.25, -0.2) is 0 Å². The number of halogens is 4. The van der Waals surface area contributed by atoms with Crippen molar-refractivity contribution in [3.8, 4) is 5.75 Å². The molecule has 1 aliphatic carbocycles. The molecule has 3 atom stereocenters. The highest BCUT2D eigenvalue weighted by atomic mass is 79.9. The highest BCUT2D eigenvalue weighted by molar-refractivity contribution is 9.12. The topological polar surface area (TPSA) is 168 Å². The van der Waals surface area contributed by atoms with Gasteiger partial charge in [0.25, 0.3) is 5.91 Å². The van der Waals surface area contributed by atoms with E-state index in [0.717, 1.165) is 0 Å². The first-order chi connectivity index (χ1) is 20.5. The lowest BCUT2D eigenvalue weighted by Crippen LogP contribution is -2.49. The van der Waals surface area contributed by atoms with Gasteiger partial charge in [0.2, 0.25) is 0 Å². The van der Waals surface area contributed by atoms with Crippen LogP contribution in [0.5, 0.6) is 5.75 Å². The maximum Gasteiger partial charge on any atom is 0.311 e. The van der Waals surface area contributed by atoms with E-state index in [1.165, 1.54) is 31.7 Å². The summed E-state index contributed by atoms with van der Waals surface area (Å²) >= 11 is 13.6. The smallest absolute Gasteiger partial charge is 0.311 e. The summed E-state index contributed by atoms with van der Waals surface area (Å²) < 4.78 is 19.0. The molecule has 4 N–H and O–H groups in total. The van der Waals surface area contributed by atoms with Gasteiger partial charge in [0.1, 0.15) is 23.5 Å². The molecule has 0 saturated heterocycles. The summed E-state index contributed by atoms with van der Waals surface area (Å²) in [6, 6.07) is 3.37. The number of allylic oxidation sites excluding steroid dienone is 4. The van der Waals surface area contributed by atoms with E-state index in [0.29, 0.717) is 41.4 Å². The number of aliphatic hydroxyl groups excluding tert-OH is 3. The third-order valence-electron chi connectivity index (χ3n) is 6.33. The van der Waals surface area contributed by atoms with E-state index < -0.39 is 23.9 Å². The Hall–Kier alpha value is -2.50. The van der Waals surface area contributed by atoms with Crippen molar-refractivity contribution in [1.29, 1.82) is 0 Å². The molecule has 4 rings (SSSR count). The first kappa shape index (κ1) is 33.4. The number of methoxy groups -OCH3 is 1. The zero-order valence-electron chi connectivity index (χ0n) is 22.4. The molecule has 16 heteroatoms. The Morgan fingerprint density at radius 2 is 2.00 bits per heavy atom. The van der Waals surface area contributed by atoms with E-state index in [1.54, 1.807) is 12.1 Å². The summed E-state index contributed by atoms with van der Waals surface area (Å²) in [7, 11) is 1.48. The van der Waals surface area contributed by atoms with Gasteiger partial charge in [-0.1, -0.05) is 21.1 Å². The molecular weight excluding hydrogens is 830 g/mol. The number of nitrogens with zero attached hydrogens (tertiary/aromatic N) is 2. The zero-order chi connectivity index (χ0) is 31.3. The maximum atomic E-state index is 12.7. The monoisotopic (exact) mass is 851 g/mol. The third kappa shape index (κ3) is 7.60. The van der Waals surface area contributed by atoms with Crippen LogP contribution in [-0.2, 0) is 23.9 Å². The van der Waals surface area contributed by atoms with Crippen molar-refractivity contribution in [3.63, 3.8) is 0 Å². The fourth-order valence-electron chi connectivity index (χ4n) is 4.08. The van der Waals surface area contributed by atoms with Crippen molar-refractivity contribution in [2.75, 3.05) is 26.8 Å². The predicted molar refractivity (Wildman–Crippen MR) is 170 cm³/mol. The zero-order valence-corrected chi connectivity index (χ0v) is 28.7. The number of aliphatic imine (C=N–C) groups is 1. The molecule has 1 aromatic carbocycles. The van der Waals surface area contributed by atoms with Crippen molar-refractivity contribution in [2.24, 2.45) is 10.1 Å². The molecule has 0 fully saturated rings. The van der Waals surface area contributed by atoms with Crippen LogP contribution >= 0.6 is 63.7 Å². The van der Waals surface area contributed by atoms with Gasteiger partial charge in [0.15, 0.2) is 17.6 Å². The molecule has 2 heterocycles. The van der Waals surface area contributed by atoms with Crippen molar-refractivity contribution in [3.05, 3.63) is 71.1 Å². The molecule has 230 valence electrons. The fraction of sp³-hybridized carbons (Fsp3) is 0.333. The summed E-state index contributed by atoms with van der Waals surface area (Å²) in [5, 5.41) is 37.5. The molecule has 0 aromatic heterocycles. The molecule has 1 amide bonds. The number of amides is 1. The average molecular weight is 855 g/mol. The molecule has 12 nitrogen and oxygen atoms in total. The Morgan fingerprint density at radius 1 is 1.28 bits per heavy atom. The van der Waals surface area contributed by atoms with Crippen LogP contribution in [-0.4, -0.2) is 77.6 Å². The molecule has 1 spiro atoms. The highest BCUT2D eigenvalue weighted by Gasteiger charge is 2.54. The van der Waals surface area contributed by atoms with E-state index >= 15 is 0 Å². The molecule has 0 radical (unpaired) electrons.